The van der Waals surface area contributed by atoms with E-state index >= 15 is 0 Å². The first-order valence-electron chi connectivity index (χ1n) is 10.2. The lowest BCUT2D eigenvalue weighted by Crippen LogP contribution is -2.12. The molecule has 3 aromatic rings. The zero-order valence-corrected chi connectivity index (χ0v) is 18.0. The van der Waals surface area contributed by atoms with Gasteiger partial charge in [0.1, 0.15) is 0 Å². The van der Waals surface area contributed by atoms with Crippen molar-refractivity contribution in [3.63, 3.8) is 0 Å². The van der Waals surface area contributed by atoms with Gasteiger partial charge in [-0.2, -0.15) is 0 Å². The smallest absolute Gasteiger partial charge is 0.0967 e. The van der Waals surface area contributed by atoms with Crippen molar-refractivity contribution >= 4 is 21.8 Å². The lowest BCUT2D eigenvalue weighted by molar-refractivity contribution is 0.588. The number of benzene rings is 1. The van der Waals surface area contributed by atoms with Crippen LogP contribution in [0.2, 0.25) is 0 Å². The lowest BCUT2D eigenvalue weighted by atomic mass is 9.85. The van der Waals surface area contributed by atoms with Crippen molar-refractivity contribution in [3.8, 4) is 0 Å². The Morgan fingerprint density at radius 3 is 2.14 bits per heavy atom. The van der Waals surface area contributed by atoms with E-state index in [0.717, 1.165) is 30.3 Å². The fraction of sp³-hybridized carbons (Fsp3) is 0.385. The van der Waals surface area contributed by atoms with E-state index in [0.29, 0.717) is 5.92 Å². The average Bonchev–Trinajstić information content (AvgIpc) is 2.66. The van der Waals surface area contributed by atoms with E-state index in [4.69, 9.17) is 9.97 Å². The Hall–Kier alpha value is -2.48. The zero-order chi connectivity index (χ0) is 20.5. The van der Waals surface area contributed by atoms with E-state index in [1.807, 2.05) is 24.5 Å². The van der Waals surface area contributed by atoms with Gasteiger partial charge in [0.05, 0.1) is 11.0 Å². The number of hydrogen-bond acceptors (Lipinski definition) is 2. The molecule has 1 aromatic carbocycles. The number of allylic oxidation sites excluding steroid dienone is 2. The summed E-state index contributed by atoms with van der Waals surface area (Å²) in [5, 5.41) is 2.44. The van der Waals surface area contributed by atoms with Crippen molar-refractivity contribution in [3.05, 3.63) is 72.1 Å². The molecule has 3 rings (SSSR count). The molecule has 0 N–H and O–H groups in total. The Labute approximate surface area is 169 Å². The summed E-state index contributed by atoms with van der Waals surface area (Å²) >= 11 is 0. The van der Waals surface area contributed by atoms with Crippen LogP contribution in [0.25, 0.3) is 21.8 Å². The minimum atomic E-state index is 0.0549. The van der Waals surface area contributed by atoms with Crippen molar-refractivity contribution in [2.45, 2.75) is 65.2 Å². The summed E-state index contributed by atoms with van der Waals surface area (Å²) in [6.07, 6.45) is 10.8. The molecule has 0 aliphatic carbocycles. The van der Waals surface area contributed by atoms with Gasteiger partial charge in [-0.05, 0) is 65.0 Å². The minimum Gasteiger partial charge on any atom is -0.254 e. The third-order valence-corrected chi connectivity index (χ3v) is 5.51. The molecule has 0 aliphatic rings. The predicted molar refractivity (Wildman–Crippen MR) is 122 cm³/mol. The molecular weight excluding hydrogens is 340 g/mol. The predicted octanol–water partition coefficient (Wildman–Crippen LogP) is 7.05. The largest absolute Gasteiger partial charge is 0.254 e. The van der Waals surface area contributed by atoms with Crippen molar-refractivity contribution in [1.29, 1.82) is 0 Å². The maximum Gasteiger partial charge on any atom is 0.0967 e. The highest BCUT2D eigenvalue weighted by molar-refractivity contribution is 6.07. The lowest BCUT2D eigenvalue weighted by Gasteiger charge is -2.22. The molecule has 0 amide bonds. The maximum atomic E-state index is 4.91. The summed E-state index contributed by atoms with van der Waals surface area (Å²) in [6, 6.07) is 4.63. The van der Waals surface area contributed by atoms with Crippen LogP contribution in [-0.4, -0.2) is 9.97 Å². The van der Waals surface area contributed by atoms with Crippen LogP contribution in [0.1, 0.15) is 69.2 Å². The zero-order valence-electron chi connectivity index (χ0n) is 18.0. The number of aryl methyl sites for hydroxylation is 1. The molecule has 0 bridgehead atoms. The van der Waals surface area contributed by atoms with Crippen LogP contribution in [-0.2, 0) is 18.3 Å². The Morgan fingerprint density at radius 1 is 0.929 bits per heavy atom. The number of pyridine rings is 2. The molecule has 2 heterocycles. The third kappa shape index (κ3) is 3.73. The van der Waals surface area contributed by atoms with E-state index in [9.17, 15) is 0 Å². The summed E-state index contributed by atoms with van der Waals surface area (Å²) in [6.45, 7) is 19.1. The molecule has 0 radical (unpaired) electrons. The van der Waals surface area contributed by atoms with Gasteiger partial charge >= 0.3 is 0 Å². The molecule has 0 saturated heterocycles. The summed E-state index contributed by atoms with van der Waals surface area (Å²) in [5.41, 5.74) is 7.27. The molecule has 0 unspecified atom stereocenters. The standard InChI is InChI=1S/C26H32N2/c1-8-10-12-21-20(11-9-2)22-13-18(17(3)4)15-27-24(22)25-23(21)14-19(16-28-25)26(5,6)7/h8-9,13-17H,1-2,10-12H2,3-7H3. The first-order chi connectivity index (χ1) is 13.3. The van der Waals surface area contributed by atoms with Gasteiger partial charge in [-0.15, -0.1) is 13.2 Å². The van der Waals surface area contributed by atoms with Gasteiger partial charge in [-0.25, -0.2) is 0 Å². The molecule has 0 fully saturated rings. The Bertz CT molecular complexity index is 1040. The third-order valence-electron chi connectivity index (χ3n) is 5.51. The quantitative estimate of drug-likeness (QED) is 0.342. The number of nitrogens with zero attached hydrogens (tertiary/aromatic N) is 2. The maximum absolute atomic E-state index is 4.91. The van der Waals surface area contributed by atoms with Gasteiger partial charge in [-0.3, -0.25) is 9.97 Å². The van der Waals surface area contributed by atoms with Crippen molar-refractivity contribution < 1.29 is 0 Å². The molecule has 2 aromatic heterocycles. The van der Waals surface area contributed by atoms with Crippen LogP contribution in [0, 0.1) is 0 Å². The van der Waals surface area contributed by atoms with Crippen LogP contribution in [0.15, 0.2) is 49.8 Å². The second kappa shape index (κ2) is 7.87. The first-order valence-corrected chi connectivity index (χ1v) is 10.2. The summed E-state index contributed by atoms with van der Waals surface area (Å²) < 4.78 is 0. The topological polar surface area (TPSA) is 25.8 Å². The van der Waals surface area contributed by atoms with Gasteiger partial charge in [0, 0.05) is 23.2 Å². The minimum absolute atomic E-state index is 0.0549. The summed E-state index contributed by atoms with van der Waals surface area (Å²) in [7, 11) is 0. The van der Waals surface area contributed by atoms with Crippen LogP contribution in [0.3, 0.4) is 0 Å². The van der Waals surface area contributed by atoms with Gasteiger partial charge < -0.3 is 0 Å². The fourth-order valence-electron chi connectivity index (χ4n) is 3.74. The normalized spacial score (nSPS) is 12.1. The second-order valence-corrected chi connectivity index (χ2v) is 8.97. The number of aromatic nitrogens is 2. The van der Waals surface area contributed by atoms with Crippen LogP contribution >= 0.6 is 0 Å². The van der Waals surface area contributed by atoms with Gasteiger partial charge in [-0.1, -0.05) is 46.8 Å². The second-order valence-electron chi connectivity index (χ2n) is 8.97. The van der Waals surface area contributed by atoms with E-state index in [-0.39, 0.29) is 5.41 Å². The molecular formula is C26H32N2. The SMILES string of the molecule is C=CCCc1c(CC=C)c2cc(C(C)C)cnc2c2ncc(C(C)(C)C)cc12. The molecule has 0 spiro atoms. The van der Waals surface area contributed by atoms with Gasteiger partial charge in [0.15, 0.2) is 0 Å². The van der Waals surface area contributed by atoms with E-state index in [1.165, 1.54) is 33.0 Å². The first kappa shape index (κ1) is 20.3. The van der Waals surface area contributed by atoms with Gasteiger partial charge in [0.2, 0.25) is 0 Å². The average molecular weight is 373 g/mol. The molecule has 2 nitrogen and oxygen atoms in total. The number of rotatable bonds is 6. The van der Waals surface area contributed by atoms with Crippen LogP contribution in [0.5, 0.6) is 0 Å². The number of fused-ring (bicyclic) bond motifs is 3. The van der Waals surface area contributed by atoms with Crippen molar-refractivity contribution in [2.24, 2.45) is 0 Å². The number of hydrogen-bond donors (Lipinski definition) is 0. The summed E-state index contributed by atoms with van der Waals surface area (Å²) in [5.74, 6) is 0.442. The Balaban J connectivity index is 2.46. The molecule has 28 heavy (non-hydrogen) atoms. The Morgan fingerprint density at radius 2 is 1.57 bits per heavy atom. The van der Waals surface area contributed by atoms with E-state index in [1.54, 1.807) is 0 Å². The fourth-order valence-corrected chi connectivity index (χ4v) is 3.74. The highest BCUT2D eigenvalue weighted by Crippen LogP contribution is 2.35. The van der Waals surface area contributed by atoms with Crippen LogP contribution < -0.4 is 0 Å². The van der Waals surface area contributed by atoms with Crippen LogP contribution in [0.4, 0.5) is 0 Å². The molecule has 2 heteroatoms. The highest BCUT2D eigenvalue weighted by atomic mass is 14.7. The monoisotopic (exact) mass is 372 g/mol. The highest BCUT2D eigenvalue weighted by Gasteiger charge is 2.20. The molecule has 0 atom stereocenters. The van der Waals surface area contributed by atoms with E-state index in [2.05, 4.69) is 59.9 Å². The van der Waals surface area contributed by atoms with Gasteiger partial charge in [0.25, 0.3) is 0 Å². The summed E-state index contributed by atoms with van der Waals surface area (Å²) in [4.78, 5) is 9.78. The molecule has 0 saturated carbocycles. The van der Waals surface area contributed by atoms with E-state index < -0.39 is 0 Å². The molecule has 146 valence electrons. The van der Waals surface area contributed by atoms with Crippen molar-refractivity contribution in [2.75, 3.05) is 0 Å². The molecule has 0 aliphatic heterocycles. The Kier molecular flexibility index (Phi) is 5.69. The van der Waals surface area contributed by atoms with Crippen molar-refractivity contribution in [1.82, 2.24) is 9.97 Å².